The number of hydrogen-bond acceptors (Lipinski definition) is 3. The van der Waals surface area contributed by atoms with Gasteiger partial charge in [0.25, 0.3) is 0 Å². The zero-order chi connectivity index (χ0) is 13.2. The lowest BCUT2D eigenvalue weighted by Gasteiger charge is -2.04. The van der Waals surface area contributed by atoms with Gasteiger partial charge in [0.2, 0.25) is 5.95 Å². The fourth-order valence-corrected chi connectivity index (χ4v) is 2.31. The molecule has 3 N–H and O–H groups in total. The number of imidazole rings is 1. The molecule has 1 heterocycles. The molecular weight excluding hydrogens is 306 g/mol. The van der Waals surface area contributed by atoms with Crippen molar-refractivity contribution in [2.24, 2.45) is 0 Å². The first-order valence-corrected chi connectivity index (χ1v) is 6.68. The Bertz CT molecular complexity index is 691. The van der Waals surface area contributed by atoms with Crippen LogP contribution in [0.5, 0.6) is 5.75 Å². The summed E-state index contributed by atoms with van der Waals surface area (Å²) in [6, 6.07) is 13.3. The van der Waals surface area contributed by atoms with Crippen LogP contribution >= 0.6 is 15.9 Å². The van der Waals surface area contributed by atoms with E-state index < -0.39 is 0 Å². The topological polar surface area (TPSA) is 60.9 Å². The summed E-state index contributed by atoms with van der Waals surface area (Å²) >= 11 is 3.30. The van der Waals surface area contributed by atoms with Crippen molar-refractivity contribution in [3.8, 4) is 5.75 Å². The number of fused-ring (bicyclic) bond motifs is 1. The molecule has 2 aromatic carbocycles. The Balaban J connectivity index is 1.76. The molecular formula is C14H12BrN3O. The molecule has 96 valence electrons. The lowest BCUT2D eigenvalue weighted by Crippen LogP contribution is -2.00. The van der Waals surface area contributed by atoms with E-state index in [0.717, 1.165) is 22.5 Å². The highest BCUT2D eigenvalue weighted by molar-refractivity contribution is 9.10. The van der Waals surface area contributed by atoms with Crippen molar-refractivity contribution in [3.05, 3.63) is 52.5 Å². The van der Waals surface area contributed by atoms with Crippen LogP contribution in [-0.4, -0.2) is 15.1 Å². The number of nitrogens with zero attached hydrogens (tertiary/aromatic N) is 1. The van der Waals surface area contributed by atoms with E-state index in [0.29, 0.717) is 11.0 Å². The zero-order valence-electron chi connectivity index (χ0n) is 10.0. The van der Waals surface area contributed by atoms with Crippen LogP contribution in [-0.2, 0) is 6.54 Å². The number of aromatic hydroxyl groups is 1. The van der Waals surface area contributed by atoms with Gasteiger partial charge in [0.1, 0.15) is 5.75 Å². The van der Waals surface area contributed by atoms with Gasteiger partial charge in [0, 0.05) is 6.54 Å². The van der Waals surface area contributed by atoms with Crippen molar-refractivity contribution in [1.29, 1.82) is 0 Å². The Kier molecular flexibility index (Phi) is 3.13. The number of nitrogens with one attached hydrogen (secondary N) is 2. The second-order valence-electron chi connectivity index (χ2n) is 4.24. The van der Waals surface area contributed by atoms with Crippen molar-refractivity contribution >= 4 is 32.9 Å². The first kappa shape index (κ1) is 12.0. The van der Waals surface area contributed by atoms with Crippen molar-refractivity contribution in [2.75, 3.05) is 5.32 Å². The van der Waals surface area contributed by atoms with Crippen LogP contribution in [0.1, 0.15) is 5.56 Å². The molecule has 4 nitrogen and oxygen atoms in total. The molecule has 3 aromatic rings. The number of anilines is 1. The van der Waals surface area contributed by atoms with Gasteiger partial charge in [0.05, 0.1) is 15.5 Å². The Hall–Kier alpha value is -2.01. The van der Waals surface area contributed by atoms with Crippen molar-refractivity contribution in [3.63, 3.8) is 0 Å². The second kappa shape index (κ2) is 4.93. The van der Waals surface area contributed by atoms with Gasteiger partial charge in [-0.15, -0.1) is 0 Å². The summed E-state index contributed by atoms with van der Waals surface area (Å²) in [6.45, 7) is 0.638. The molecule has 0 radical (unpaired) electrons. The molecule has 0 spiro atoms. The number of phenolic OH excluding ortho intramolecular Hbond substituents is 1. The highest BCUT2D eigenvalue weighted by Crippen LogP contribution is 2.24. The van der Waals surface area contributed by atoms with Gasteiger partial charge in [-0.2, -0.15) is 0 Å². The van der Waals surface area contributed by atoms with E-state index >= 15 is 0 Å². The van der Waals surface area contributed by atoms with Crippen LogP contribution in [0.15, 0.2) is 46.9 Å². The van der Waals surface area contributed by atoms with Gasteiger partial charge < -0.3 is 15.4 Å². The second-order valence-corrected chi connectivity index (χ2v) is 5.10. The highest BCUT2D eigenvalue weighted by atomic mass is 79.9. The van der Waals surface area contributed by atoms with Crippen LogP contribution in [0, 0.1) is 0 Å². The van der Waals surface area contributed by atoms with Gasteiger partial charge in [-0.1, -0.05) is 18.2 Å². The number of rotatable bonds is 3. The van der Waals surface area contributed by atoms with Gasteiger partial charge >= 0.3 is 0 Å². The van der Waals surface area contributed by atoms with E-state index in [-0.39, 0.29) is 5.75 Å². The van der Waals surface area contributed by atoms with Crippen molar-refractivity contribution in [1.82, 2.24) is 9.97 Å². The molecule has 0 fully saturated rings. The molecule has 0 amide bonds. The summed E-state index contributed by atoms with van der Waals surface area (Å²) in [5, 5.41) is 12.7. The molecule has 0 unspecified atom stereocenters. The molecule has 0 atom stereocenters. The average Bonchev–Trinajstić information content (AvgIpc) is 2.83. The van der Waals surface area contributed by atoms with Crippen LogP contribution in [0.4, 0.5) is 5.95 Å². The number of phenols is 1. The Morgan fingerprint density at radius 1 is 1.21 bits per heavy atom. The third kappa shape index (κ3) is 2.56. The lowest BCUT2D eigenvalue weighted by molar-refractivity contribution is 0.471. The summed E-state index contributed by atoms with van der Waals surface area (Å²) in [5.41, 5.74) is 3.01. The Labute approximate surface area is 118 Å². The normalized spacial score (nSPS) is 10.8. The Morgan fingerprint density at radius 3 is 2.84 bits per heavy atom. The number of hydrogen-bond donors (Lipinski definition) is 3. The minimum Gasteiger partial charge on any atom is -0.507 e. The first-order valence-electron chi connectivity index (χ1n) is 5.88. The highest BCUT2D eigenvalue weighted by Gasteiger charge is 2.03. The molecule has 0 saturated heterocycles. The summed E-state index contributed by atoms with van der Waals surface area (Å²) in [6.07, 6.45) is 0. The summed E-state index contributed by atoms with van der Waals surface area (Å²) in [5.74, 6) is 0.984. The summed E-state index contributed by atoms with van der Waals surface area (Å²) in [4.78, 5) is 7.65. The molecule has 0 aliphatic heterocycles. The summed E-state index contributed by atoms with van der Waals surface area (Å²) in [7, 11) is 0. The number of aromatic amines is 1. The minimum atomic E-state index is 0.243. The lowest BCUT2D eigenvalue weighted by atomic mass is 10.2. The third-order valence-electron chi connectivity index (χ3n) is 2.86. The minimum absolute atomic E-state index is 0.243. The van der Waals surface area contributed by atoms with E-state index in [1.54, 1.807) is 6.07 Å². The van der Waals surface area contributed by atoms with Gasteiger partial charge in [0.15, 0.2) is 0 Å². The number of para-hydroxylation sites is 2. The maximum atomic E-state index is 9.44. The molecule has 0 aliphatic carbocycles. The SMILES string of the molecule is Oc1ccc(CNc2nc3ccccc3[nH]2)cc1Br. The molecule has 19 heavy (non-hydrogen) atoms. The quantitative estimate of drug-likeness (QED) is 0.691. The van der Waals surface area contributed by atoms with Crippen molar-refractivity contribution in [2.45, 2.75) is 6.54 Å². The van der Waals surface area contributed by atoms with Gasteiger partial charge in [-0.05, 0) is 45.8 Å². The molecule has 1 aromatic heterocycles. The van der Waals surface area contributed by atoms with E-state index in [9.17, 15) is 5.11 Å². The predicted molar refractivity (Wildman–Crippen MR) is 79.2 cm³/mol. The summed E-state index contributed by atoms with van der Waals surface area (Å²) < 4.78 is 0.691. The van der Waals surface area contributed by atoms with E-state index in [1.165, 1.54) is 0 Å². The number of halogens is 1. The molecule has 0 bridgehead atoms. The number of H-pyrrole nitrogens is 1. The predicted octanol–water partition coefficient (Wildman–Crippen LogP) is 3.64. The van der Waals surface area contributed by atoms with Crippen LogP contribution in [0.25, 0.3) is 11.0 Å². The Morgan fingerprint density at radius 2 is 2.05 bits per heavy atom. The van der Waals surface area contributed by atoms with Crippen LogP contribution < -0.4 is 5.32 Å². The monoisotopic (exact) mass is 317 g/mol. The fraction of sp³-hybridized carbons (Fsp3) is 0.0714. The third-order valence-corrected chi connectivity index (χ3v) is 3.50. The van der Waals surface area contributed by atoms with Gasteiger partial charge in [-0.3, -0.25) is 0 Å². The zero-order valence-corrected chi connectivity index (χ0v) is 11.6. The number of aromatic nitrogens is 2. The van der Waals surface area contributed by atoms with Crippen molar-refractivity contribution < 1.29 is 5.11 Å². The maximum absolute atomic E-state index is 9.44. The van der Waals surface area contributed by atoms with E-state index in [1.807, 2.05) is 36.4 Å². The van der Waals surface area contributed by atoms with Crippen LogP contribution in [0.2, 0.25) is 0 Å². The largest absolute Gasteiger partial charge is 0.507 e. The standard InChI is InChI=1S/C14H12BrN3O/c15-10-7-9(5-6-13(10)19)8-16-14-17-11-3-1-2-4-12(11)18-14/h1-7,19H,8H2,(H2,16,17,18). The molecule has 0 saturated carbocycles. The fourth-order valence-electron chi connectivity index (χ4n) is 1.88. The maximum Gasteiger partial charge on any atom is 0.201 e. The molecule has 0 aliphatic rings. The smallest absolute Gasteiger partial charge is 0.201 e. The van der Waals surface area contributed by atoms with E-state index in [2.05, 4.69) is 31.2 Å². The molecule has 5 heteroatoms. The van der Waals surface area contributed by atoms with Gasteiger partial charge in [-0.25, -0.2) is 4.98 Å². The molecule has 3 rings (SSSR count). The van der Waals surface area contributed by atoms with Crippen LogP contribution in [0.3, 0.4) is 0 Å². The average molecular weight is 318 g/mol. The number of benzene rings is 2. The van der Waals surface area contributed by atoms with E-state index in [4.69, 9.17) is 0 Å². The first-order chi connectivity index (χ1) is 9.22.